The van der Waals surface area contributed by atoms with Gasteiger partial charge < -0.3 is 15.2 Å². The van der Waals surface area contributed by atoms with Crippen molar-refractivity contribution in [2.24, 2.45) is 5.73 Å². The monoisotopic (exact) mass is 331 g/mol. The molecule has 2 heterocycles. The highest BCUT2D eigenvalue weighted by atomic mass is 79.9. The number of rotatable bonds is 3. The molecule has 0 bridgehead atoms. The van der Waals surface area contributed by atoms with Gasteiger partial charge in [0.2, 0.25) is 0 Å². The number of benzene rings is 1. The molecule has 0 spiro atoms. The van der Waals surface area contributed by atoms with Crippen LogP contribution in [-0.2, 0) is 13.0 Å². The molecule has 0 saturated carbocycles. The summed E-state index contributed by atoms with van der Waals surface area (Å²) in [6.45, 7) is 0.381. The van der Waals surface area contributed by atoms with E-state index in [-0.39, 0.29) is 5.75 Å². The van der Waals surface area contributed by atoms with E-state index in [1.165, 1.54) is 0 Å². The third-order valence-corrected chi connectivity index (χ3v) is 3.80. The highest BCUT2D eigenvalue weighted by Crippen LogP contribution is 2.26. The molecule has 0 aliphatic rings. The number of imidazole rings is 1. The van der Waals surface area contributed by atoms with Crippen molar-refractivity contribution in [1.82, 2.24) is 9.38 Å². The summed E-state index contributed by atoms with van der Waals surface area (Å²) in [7, 11) is 0. The number of hydrogen-bond donors (Lipinski definition) is 2. The summed E-state index contributed by atoms with van der Waals surface area (Å²) >= 11 is 3.43. The first-order valence-electron chi connectivity index (χ1n) is 6.31. The highest BCUT2D eigenvalue weighted by Gasteiger charge is 2.13. The maximum atomic E-state index is 9.99. The van der Waals surface area contributed by atoms with Gasteiger partial charge in [0.05, 0.1) is 11.4 Å². The Balaban J connectivity index is 2.12. The Bertz CT molecular complexity index is 767. The minimum absolute atomic E-state index is 0.280. The number of phenolic OH excluding ortho intramolecular Hbond substituents is 1. The molecule has 3 N–H and O–H groups in total. The molecule has 0 unspecified atom stereocenters. The van der Waals surface area contributed by atoms with Crippen LogP contribution in [0, 0.1) is 0 Å². The van der Waals surface area contributed by atoms with Crippen molar-refractivity contribution in [3.8, 4) is 5.75 Å². The molecule has 3 aromatic rings. The second kappa shape index (κ2) is 5.26. The first kappa shape index (κ1) is 13.1. The molecular weight excluding hydrogens is 318 g/mol. The molecular formula is C15H14BrN3O. The fourth-order valence-corrected chi connectivity index (χ4v) is 2.73. The molecule has 0 amide bonds. The molecule has 1 aromatic carbocycles. The van der Waals surface area contributed by atoms with Crippen molar-refractivity contribution in [2.45, 2.75) is 13.0 Å². The van der Waals surface area contributed by atoms with Crippen LogP contribution in [0.3, 0.4) is 0 Å². The SMILES string of the molecule is NCc1nc2ccccn2c1Cc1cc(Br)ccc1O. The van der Waals surface area contributed by atoms with Gasteiger partial charge in [0.15, 0.2) is 0 Å². The van der Waals surface area contributed by atoms with E-state index in [1.54, 1.807) is 6.07 Å². The van der Waals surface area contributed by atoms with E-state index in [1.807, 2.05) is 40.9 Å². The van der Waals surface area contributed by atoms with Crippen LogP contribution in [0.4, 0.5) is 0 Å². The summed E-state index contributed by atoms with van der Waals surface area (Å²) in [4.78, 5) is 4.52. The van der Waals surface area contributed by atoms with Gasteiger partial charge in [-0.1, -0.05) is 22.0 Å². The lowest BCUT2D eigenvalue weighted by atomic mass is 10.1. The molecule has 2 aromatic heterocycles. The highest BCUT2D eigenvalue weighted by molar-refractivity contribution is 9.10. The average molecular weight is 332 g/mol. The van der Waals surface area contributed by atoms with Crippen molar-refractivity contribution < 1.29 is 5.11 Å². The minimum Gasteiger partial charge on any atom is -0.508 e. The van der Waals surface area contributed by atoms with Gasteiger partial charge in [-0.2, -0.15) is 0 Å². The Morgan fingerprint density at radius 2 is 2.10 bits per heavy atom. The van der Waals surface area contributed by atoms with Crippen LogP contribution in [0.5, 0.6) is 5.75 Å². The Morgan fingerprint density at radius 3 is 2.90 bits per heavy atom. The second-order valence-electron chi connectivity index (χ2n) is 4.59. The Morgan fingerprint density at radius 1 is 1.25 bits per heavy atom. The minimum atomic E-state index is 0.280. The molecule has 4 nitrogen and oxygen atoms in total. The van der Waals surface area contributed by atoms with Gasteiger partial charge in [-0.25, -0.2) is 4.98 Å². The molecule has 0 saturated heterocycles. The molecule has 0 atom stereocenters. The van der Waals surface area contributed by atoms with Crippen LogP contribution in [0.25, 0.3) is 5.65 Å². The summed E-state index contributed by atoms with van der Waals surface area (Å²) in [6, 6.07) is 11.3. The number of halogens is 1. The molecule has 5 heteroatoms. The van der Waals surface area contributed by atoms with Crippen molar-refractivity contribution in [2.75, 3.05) is 0 Å². The molecule has 0 aliphatic carbocycles. The normalized spacial score (nSPS) is 11.1. The van der Waals surface area contributed by atoms with E-state index < -0.39 is 0 Å². The van der Waals surface area contributed by atoms with Crippen LogP contribution in [0.1, 0.15) is 17.0 Å². The number of nitrogens with zero attached hydrogens (tertiary/aromatic N) is 2. The maximum Gasteiger partial charge on any atom is 0.137 e. The quantitative estimate of drug-likeness (QED) is 0.775. The van der Waals surface area contributed by atoms with Crippen LogP contribution in [0.2, 0.25) is 0 Å². The smallest absolute Gasteiger partial charge is 0.137 e. The van der Waals surface area contributed by atoms with Gasteiger partial charge >= 0.3 is 0 Å². The topological polar surface area (TPSA) is 63.5 Å². The number of phenols is 1. The van der Waals surface area contributed by atoms with E-state index >= 15 is 0 Å². The number of hydrogen-bond acceptors (Lipinski definition) is 3. The number of aromatic hydroxyl groups is 1. The van der Waals surface area contributed by atoms with Crippen molar-refractivity contribution in [3.63, 3.8) is 0 Å². The van der Waals surface area contributed by atoms with Gasteiger partial charge in [-0.3, -0.25) is 0 Å². The largest absolute Gasteiger partial charge is 0.508 e. The zero-order chi connectivity index (χ0) is 14.1. The summed E-state index contributed by atoms with van der Waals surface area (Å²) in [5.41, 5.74) is 9.38. The Labute approximate surface area is 125 Å². The predicted molar refractivity (Wildman–Crippen MR) is 81.7 cm³/mol. The van der Waals surface area contributed by atoms with Crippen molar-refractivity contribution in [1.29, 1.82) is 0 Å². The summed E-state index contributed by atoms with van der Waals surface area (Å²) in [5.74, 6) is 0.280. The van der Waals surface area contributed by atoms with Gasteiger partial charge in [-0.15, -0.1) is 0 Å². The third-order valence-electron chi connectivity index (χ3n) is 3.30. The molecule has 3 rings (SSSR count). The summed E-state index contributed by atoms with van der Waals surface area (Å²) < 4.78 is 2.95. The lowest BCUT2D eigenvalue weighted by molar-refractivity contribution is 0.469. The average Bonchev–Trinajstić information content (AvgIpc) is 2.81. The number of pyridine rings is 1. The molecule has 0 aliphatic heterocycles. The standard InChI is InChI=1S/C15H14BrN3O/c16-11-4-5-14(20)10(7-11)8-13-12(9-17)18-15-3-1-2-6-19(13)15/h1-7,20H,8-9,17H2. The zero-order valence-electron chi connectivity index (χ0n) is 10.8. The van der Waals surface area contributed by atoms with Crippen LogP contribution >= 0.6 is 15.9 Å². The van der Waals surface area contributed by atoms with E-state index in [2.05, 4.69) is 20.9 Å². The third kappa shape index (κ3) is 2.30. The van der Waals surface area contributed by atoms with Gasteiger partial charge in [0.25, 0.3) is 0 Å². The maximum absolute atomic E-state index is 9.99. The Kier molecular flexibility index (Phi) is 3.46. The predicted octanol–water partition coefficient (Wildman–Crippen LogP) is 2.85. The van der Waals surface area contributed by atoms with E-state index in [0.29, 0.717) is 13.0 Å². The van der Waals surface area contributed by atoms with Crippen LogP contribution < -0.4 is 5.73 Å². The number of fused-ring (bicyclic) bond motifs is 1. The van der Waals surface area contributed by atoms with E-state index in [0.717, 1.165) is 27.1 Å². The Hall–Kier alpha value is -1.85. The second-order valence-corrected chi connectivity index (χ2v) is 5.50. The van der Waals surface area contributed by atoms with Gasteiger partial charge in [0, 0.05) is 29.2 Å². The fraction of sp³-hybridized carbons (Fsp3) is 0.133. The van der Waals surface area contributed by atoms with Crippen LogP contribution in [0.15, 0.2) is 47.1 Å². The molecule has 102 valence electrons. The molecule has 0 fully saturated rings. The summed E-state index contributed by atoms with van der Waals surface area (Å²) in [6.07, 6.45) is 2.55. The first-order chi connectivity index (χ1) is 9.69. The fourth-order valence-electron chi connectivity index (χ4n) is 2.32. The van der Waals surface area contributed by atoms with Gasteiger partial charge in [-0.05, 0) is 30.3 Å². The zero-order valence-corrected chi connectivity index (χ0v) is 12.3. The number of nitrogens with two attached hydrogens (primary N) is 1. The van der Waals surface area contributed by atoms with Crippen LogP contribution in [-0.4, -0.2) is 14.5 Å². The van der Waals surface area contributed by atoms with Crippen molar-refractivity contribution in [3.05, 3.63) is 64.0 Å². The molecule has 20 heavy (non-hydrogen) atoms. The molecule has 0 radical (unpaired) electrons. The van der Waals surface area contributed by atoms with Crippen molar-refractivity contribution >= 4 is 21.6 Å². The first-order valence-corrected chi connectivity index (χ1v) is 7.10. The van der Waals surface area contributed by atoms with E-state index in [4.69, 9.17) is 5.73 Å². The lowest BCUT2D eigenvalue weighted by Crippen LogP contribution is -2.03. The lowest BCUT2D eigenvalue weighted by Gasteiger charge is -2.07. The van der Waals surface area contributed by atoms with E-state index in [9.17, 15) is 5.11 Å². The summed E-state index contributed by atoms with van der Waals surface area (Å²) in [5, 5.41) is 9.99. The van der Waals surface area contributed by atoms with Gasteiger partial charge in [0.1, 0.15) is 11.4 Å². The number of aromatic nitrogens is 2.